The summed E-state index contributed by atoms with van der Waals surface area (Å²) in [6.45, 7) is 9.51. The highest BCUT2D eigenvalue weighted by Gasteiger charge is 2.14. The van der Waals surface area contributed by atoms with E-state index < -0.39 is 0 Å². The summed E-state index contributed by atoms with van der Waals surface area (Å²) in [5, 5.41) is 3.88. The fourth-order valence-electron chi connectivity index (χ4n) is 3.74. The largest absolute Gasteiger partial charge is 0.497 e. The molecule has 1 saturated heterocycles. The number of piperazine rings is 1. The van der Waals surface area contributed by atoms with Gasteiger partial charge in [-0.1, -0.05) is 6.92 Å². The van der Waals surface area contributed by atoms with Crippen LogP contribution in [-0.2, 0) is 11.2 Å². The summed E-state index contributed by atoms with van der Waals surface area (Å²) in [5.41, 5.74) is 1.25. The van der Waals surface area contributed by atoms with Crippen molar-refractivity contribution in [2.45, 2.75) is 26.2 Å². The van der Waals surface area contributed by atoms with Crippen molar-refractivity contribution in [3.05, 3.63) is 40.2 Å². The molecule has 2 heterocycles. The predicted molar refractivity (Wildman–Crippen MR) is 116 cm³/mol. The number of carbonyl (C=O) groups excluding carboxylic acids is 1. The normalized spacial score (nSPS) is 15.5. The Morgan fingerprint density at radius 2 is 1.93 bits per heavy atom. The molecule has 1 amide bonds. The van der Waals surface area contributed by atoms with E-state index in [-0.39, 0.29) is 11.5 Å². The molecule has 1 aromatic heterocycles. The third kappa shape index (κ3) is 6.05. The van der Waals surface area contributed by atoms with E-state index in [0.717, 1.165) is 62.3 Å². The lowest BCUT2D eigenvalue weighted by molar-refractivity contribution is -0.121. The molecule has 0 radical (unpaired) electrons. The molecule has 0 unspecified atom stereocenters. The maximum atomic E-state index is 12.3. The summed E-state index contributed by atoms with van der Waals surface area (Å²) in [6.07, 6.45) is 1.69. The van der Waals surface area contributed by atoms with Crippen LogP contribution in [0.25, 0.3) is 10.9 Å². The third-order valence-electron chi connectivity index (χ3n) is 5.64. The smallest absolute Gasteiger partial charge is 0.251 e. The minimum atomic E-state index is -0.137. The van der Waals surface area contributed by atoms with Gasteiger partial charge in [0.25, 0.3) is 5.56 Å². The van der Waals surface area contributed by atoms with Crippen molar-refractivity contribution < 1.29 is 9.53 Å². The maximum Gasteiger partial charge on any atom is 0.251 e. The Labute approximate surface area is 172 Å². The summed E-state index contributed by atoms with van der Waals surface area (Å²) in [6, 6.07) is 7.37. The number of aromatic nitrogens is 1. The second kappa shape index (κ2) is 10.4. The van der Waals surface area contributed by atoms with Gasteiger partial charge in [0.15, 0.2) is 0 Å². The number of likely N-dealkylation sites (N-methyl/N-ethyl adjacent to an activating group) is 1. The maximum absolute atomic E-state index is 12.3. The van der Waals surface area contributed by atoms with Crippen LogP contribution >= 0.6 is 0 Å². The highest BCUT2D eigenvalue weighted by Crippen LogP contribution is 2.19. The Morgan fingerprint density at radius 1 is 1.17 bits per heavy atom. The molecular formula is C22H32N4O3. The first kappa shape index (κ1) is 21.3. The van der Waals surface area contributed by atoms with E-state index in [0.29, 0.717) is 24.9 Å². The highest BCUT2D eigenvalue weighted by atomic mass is 16.5. The summed E-state index contributed by atoms with van der Waals surface area (Å²) in [7, 11) is 1.61. The van der Waals surface area contributed by atoms with Crippen molar-refractivity contribution in [1.82, 2.24) is 20.1 Å². The zero-order valence-electron chi connectivity index (χ0n) is 17.5. The van der Waals surface area contributed by atoms with Crippen molar-refractivity contribution in [1.29, 1.82) is 0 Å². The number of hydrogen-bond donors (Lipinski definition) is 2. The van der Waals surface area contributed by atoms with Crippen molar-refractivity contribution in [3.63, 3.8) is 0 Å². The lowest BCUT2D eigenvalue weighted by Crippen LogP contribution is -2.46. The quantitative estimate of drug-likeness (QED) is 0.626. The first-order valence-electron chi connectivity index (χ1n) is 10.5. The number of nitrogens with one attached hydrogen (secondary N) is 2. The number of ether oxygens (including phenoxy) is 1. The molecule has 0 saturated carbocycles. The standard InChI is InChI=1S/C22H32N4O3/c1-3-25-11-13-26(14-12-25)10-4-9-23-21(27)8-5-17-15-18-16-19(29-2)6-7-20(18)24-22(17)28/h6-7,15-16H,3-5,8-14H2,1-2H3,(H,23,27)(H,24,28). The first-order valence-corrected chi connectivity index (χ1v) is 10.5. The molecule has 0 aliphatic carbocycles. The van der Waals surface area contributed by atoms with Gasteiger partial charge in [-0.3, -0.25) is 9.59 Å². The van der Waals surface area contributed by atoms with E-state index in [1.165, 1.54) is 0 Å². The van der Waals surface area contributed by atoms with Crippen LogP contribution in [0.15, 0.2) is 29.1 Å². The summed E-state index contributed by atoms with van der Waals surface area (Å²) < 4.78 is 5.24. The first-order chi connectivity index (χ1) is 14.1. The molecule has 29 heavy (non-hydrogen) atoms. The zero-order chi connectivity index (χ0) is 20.6. The summed E-state index contributed by atoms with van der Waals surface area (Å²) in [4.78, 5) is 32.2. The van der Waals surface area contributed by atoms with Gasteiger partial charge in [0.05, 0.1) is 7.11 Å². The molecule has 7 heteroatoms. The molecule has 1 aromatic carbocycles. The van der Waals surface area contributed by atoms with Gasteiger partial charge in [-0.25, -0.2) is 0 Å². The lowest BCUT2D eigenvalue weighted by atomic mass is 10.1. The molecule has 158 valence electrons. The van der Waals surface area contributed by atoms with Crippen molar-refractivity contribution in [3.8, 4) is 5.75 Å². The fourth-order valence-corrected chi connectivity index (χ4v) is 3.74. The molecule has 1 fully saturated rings. The molecule has 7 nitrogen and oxygen atoms in total. The van der Waals surface area contributed by atoms with Gasteiger partial charge in [0, 0.05) is 55.6 Å². The highest BCUT2D eigenvalue weighted by molar-refractivity contribution is 5.81. The molecule has 2 N–H and O–H groups in total. The molecule has 0 atom stereocenters. The Kier molecular flexibility index (Phi) is 7.66. The van der Waals surface area contributed by atoms with Crippen molar-refractivity contribution in [2.75, 3.05) is 52.9 Å². The number of benzene rings is 1. The van der Waals surface area contributed by atoms with Gasteiger partial charge in [0.2, 0.25) is 5.91 Å². The van der Waals surface area contributed by atoms with E-state index in [2.05, 4.69) is 27.0 Å². The molecule has 2 aromatic rings. The zero-order valence-corrected chi connectivity index (χ0v) is 17.5. The van der Waals surface area contributed by atoms with Crippen LogP contribution in [0.4, 0.5) is 0 Å². The van der Waals surface area contributed by atoms with Crippen LogP contribution in [0.2, 0.25) is 0 Å². The van der Waals surface area contributed by atoms with Gasteiger partial charge in [-0.15, -0.1) is 0 Å². The molecule has 3 rings (SSSR count). The van der Waals surface area contributed by atoms with E-state index in [1.807, 2.05) is 24.3 Å². The fraction of sp³-hybridized carbons (Fsp3) is 0.545. The summed E-state index contributed by atoms with van der Waals surface area (Å²) in [5.74, 6) is 0.732. The van der Waals surface area contributed by atoms with Crippen LogP contribution in [0.5, 0.6) is 5.75 Å². The second-order valence-electron chi connectivity index (χ2n) is 7.56. The summed E-state index contributed by atoms with van der Waals surface area (Å²) >= 11 is 0. The molecular weight excluding hydrogens is 368 g/mol. The predicted octanol–water partition coefficient (Wildman–Crippen LogP) is 1.61. The molecule has 0 spiro atoms. The van der Waals surface area contributed by atoms with E-state index in [1.54, 1.807) is 7.11 Å². The van der Waals surface area contributed by atoms with Gasteiger partial charge in [-0.2, -0.15) is 0 Å². The van der Waals surface area contributed by atoms with Crippen molar-refractivity contribution in [2.24, 2.45) is 0 Å². The van der Waals surface area contributed by atoms with E-state index in [9.17, 15) is 9.59 Å². The number of rotatable bonds is 9. The van der Waals surface area contributed by atoms with Crippen LogP contribution in [0, 0.1) is 0 Å². The number of pyridine rings is 1. The monoisotopic (exact) mass is 400 g/mol. The lowest BCUT2D eigenvalue weighted by Gasteiger charge is -2.33. The van der Waals surface area contributed by atoms with Gasteiger partial charge < -0.3 is 24.8 Å². The Hall–Kier alpha value is -2.38. The second-order valence-corrected chi connectivity index (χ2v) is 7.56. The number of methoxy groups -OCH3 is 1. The minimum Gasteiger partial charge on any atom is -0.497 e. The Bertz CT molecular complexity index is 872. The van der Waals surface area contributed by atoms with Crippen LogP contribution in [-0.4, -0.2) is 73.6 Å². The van der Waals surface area contributed by atoms with E-state index >= 15 is 0 Å². The van der Waals surface area contributed by atoms with Gasteiger partial charge in [0.1, 0.15) is 5.75 Å². The number of aromatic amines is 1. The number of nitrogens with zero attached hydrogens (tertiary/aromatic N) is 2. The number of H-pyrrole nitrogens is 1. The topological polar surface area (TPSA) is 77.7 Å². The van der Waals surface area contributed by atoms with Crippen LogP contribution in [0.3, 0.4) is 0 Å². The number of carbonyl (C=O) groups is 1. The number of fused-ring (bicyclic) bond motifs is 1. The minimum absolute atomic E-state index is 0.00839. The molecule has 0 bridgehead atoms. The SMILES string of the molecule is CCN1CCN(CCCNC(=O)CCc2cc3cc(OC)ccc3[nH]c2=O)CC1. The third-order valence-corrected chi connectivity index (χ3v) is 5.64. The number of hydrogen-bond acceptors (Lipinski definition) is 5. The Balaban J connectivity index is 1.41. The Morgan fingerprint density at radius 3 is 2.66 bits per heavy atom. The average molecular weight is 401 g/mol. The van der Waals surface area contributed by atoms with E-state index in [4.69, 9.17) is 4.74 Å². The van der Waals surface area contributed by atoms with Crippen LogP contribution < -0.4 is 15.6 Å². The van der Waals surface area contributed by atoms with Crippen LogP contribution in [0.1, 0.15) is 25.3 Å². The molecule has 1 aliphatic heterocycles. The molecule has 1 aliphatic rings. The van der Waals surface area contributed by atoms with Crippen molar-refractivity contribution >= 4 is 16.8 Å². The van der Waals surface area contributed by atoms with Gasteiger partial charge >= 0.3 is 0 Å². The van der Waals surface area contributed by atoms with Gasteiger partial charge in [-0.05, 0) is 50.2 Å². The number of amides is 1. The average Bonchev–Trinajstić information content (AvgIpc) is 2.75. The number of aryl methyl sites for hydroxylation is 1.